The summed E-state index contributed by atoms with van der Waals surface area (Å²) in [5.74, 6) is 5.34. The van der Waals surface area contributed by atoms with E-state index in [1.807, 2.05) is 0 Å². The van der Waals surface area contributed by atoms with Gasteiger partial charge in [0.2, 0.25) is 5.91 Å². The van der Waals surface area contributed by atoms with Gasteiger partial charge >= 0.3 is 0 Å². The molecule has 0 spiro atoms. The fourth-order valence-electron chi connectivity index (χ4n) is 1.83. The lowest BCUT2D eigenvalue weighted by Gasteiger charge is -2.17. The summed E-state index contributed by atoms with van der Waals surface area (Å²) in [6.45, 7) is 0. The van der Waals surface area contributed by atoms with Crippen LogP contribution in [0.4, 0.5) is 0 Å². The molecular formula is C8H17N3O. The summed E-state index contributed by atoms with van der Waals surface area (Å²) in [6.07, 6.45) is 5.20. The van der Waals surface area contributed by atoms with Gasteiger partial charge in [-0.15, -0.1) is 0 Å². The van der Waals surface area contributed by atoms with Gasteiger partial charge in [0.1, 0.15) is 0 Å². The molecule has 0 aromatic rings. The summed E-state index contributed by atoms with van der Waals surface area (Å²) in [6, 6.07) is -0.00366. The second kappa shape index (κ2) is 4.42. The van der Waals surface area contributed by atoms with Gasteiger partial charge in [-0.05, 0) is 18.8 Å². The molecule has 4 heteroatoms. The van der Waals surface area contributed by atoms with E-state index in [9.17, 15) is 4.79 Å². The first-order valence-corrected chi connectivity index (χ1v) is 4.49. The molecule has 4 nitrogen and oxygen atoms in total. The zero-order valence-corrected chi connectivity index (χ0v) is 7.25. The molecule has 1 unspecified atom stereocenters. The molecule has 1 fully saturated rings. The van der Waals surface area contributed by atoms with Gasteiger partial charge in [0.05, 0.1) is 0 Å². The van der Waals surface area contributed by atoms with Crippen molar-refractivity contribution < 1.29 is 4.79 Å². The first-order valence-electron chi connectivity index (χ1n) is 4.49. The molecule has 0 aromatic heterocycles. The molecule has 0 saturated heterocycles. The van der Waals surface area contributed by atoms with Gasteiger partial charge in [0, 0.05) is 12.5 Å². The van der Waals surface area contributed by atoms with Crippen LogP contribution in [0.25, 0.3) is 0 Å². The van der Waals surface area contributed by atoms with Gasteiger partial charge in [-0.25, -0.2) is 5.84 Å². The Labute approximate surface area is 72.6 Å². The molecule has 0 radical (unpaired) electrons. The topological polar surface area (TPSA) is 81.1 Å². The summed E-state index contributed by atoms with van der Waals surface area (Å²) >= 11 is 0. The highest BCUT2D eigenvalue weighted by Gasteiger charge is 2.23. The zero-order valence-electron chi connectivity index (χ0n) is 7.25. The van der Waals surface area contributed by atoms with Crippen LogP contribution in [-0.2, 0) is 4.79 Å². The Hall–Kier alpha value is -0.610. The quantitative estimate of drug-likeness (QED) is 0.315. The number of carbonyl (C=O) groups excluding carboxylic acids is 1. The highest BCUT2D eigenvalue weighted by molar-refractivity contribution is 5.75. The van der Waals surface area contributed by atoms with Crippen LogP contribution in [0, 0.1) is 5.92 Å². The largest absolute Gasteiger partial charge is 0.327 e. The van der Waals surface area contributed by atoms with Gasteiger partial charge in [0.15, 0.2) is 0 Å². The summed E-state index contributed by atoms with van der Waals surface area (Å²) in [5.41, 5.74) is 7.94. The van der Waals surface area contributed by atoms with Crippen molar-refractivity contribution in [1.29, 1.82) is 0 Å². The number of amides is 1. The van der Waals surface area contributed by atoms with Crippen molar-refractivity contribution in [3.63, 3.8) is 0 Å². The number of hydrazine groups is 1. The molecule has 0 bridgehead atoms. The van der Waals surface area contributed by atoms with Crippen molar-refractivity contribution in [3.05, 3.63) is 0 Å². The van der Waals surface area contributed by atoms with Gasteiger partial charge in [-0.2, -0.15) is 0 Å². The number of hydrogen-bond donors (Lipinski definition) is 3. The van der Waals surface area contributed by atoms with E-state index in [1.165, 1.54) is 25.7 Å². The van der Waals surface area contributed by atoms with Gasteiger partial charge in [-0.3, -0.25) is 10.2 Å². The van der Waals surface area contributed by atoms with Crippen LogP contribution in [0.1, 0.15) is 32.1 Å². The summed E-state index contributed by atoms with van der Waals surface area (Å²) < 4.78 is 0. The Morgan fingerprint density at radius 3 is 2.58 bits per heavy atom. The normalized spacial score (nSPS) is 20.8. The lowest BCUT2D eigenvalue weighted by molar-refractivity contribution is -0.121. The highest BCUT2D eigenvalue weighted by Crippen LogP contribution is 2.27. The molecule has 5 N–H and O–H groups in total. The summed E-state index contributed by atoms with van der Waals surface area (Å²) in [5, 5.41) is 0. The maximum absolute atomic E-state index is 10.9. The molecule has 0 aliphatic heterocycles. The monoisotopic (exact) mass is 171 g/mol. The third kappa shape index (κ3) is 2.46. The number of nitrogens with two attached hydrogens (primary N) is 2. The van der Waals surface area contributed by atoms with Crippen LogP contribution in [0.3, 0.4) is 0 Å². The molecule has 0 aromatic carbocycles. The minimum Gasteiger partial charge on any atom is -0.327 e. The molecule has 12 heavy (non-hydrogen) atoms. The minimum atomic E-state index is -0.158. The van der Waals surface area contributed by atoms with E-state index in [0.717, 1.165) is 0 Å². The van der Waals surface area contributed by atoms with E-state index in [2.05, 4.69) is 5.43 Å². The molecule has 1 saturated carbocycles. The van der Waals surface area contributed by atoms with Gasteiger partial charge in [0.25, 0.3) is 0 Å². The number of nitrogens with one attached hydrogen (secondary N) is 1. The van der Waals surface area contributed by atoms with Crippen molar-refractivity contribution in [2.45, 2.75) is 38.1 Å². The lowest BCUT2D eigenvalue weighted by Crippen LogP contribution is -2.38. The smallest absolute Gasteiger partial charge is 0.235 e. The molecule has 70 valence electrons. The molecule has 1 aliphatic carbocycles. The zero-order chi connectivity index (χ0) is 8.97. The fourth-order valence-corrected chi connectivity index (χ4v) is 1.83. The Kier molecular flexibility index (Phi) is 3.49. The second-order valence-corrected chi connectivity index (χ2v) is 3.48. The predicted molar refractivity (Wildman–Crippen MR) is 46.9 cm³/mol. The Morgan fingerprint density at radius 1 is 1.50 bits per heavy atom. The van der Waals surface area contributed by atoms with E-state index in [-0.39, 0.29) is 11.9 Å². The van der Waals surface area contributed by atoms with E-state index >= 15 is 0 Å². The Morgan fingerprint density at radius 2 is 2.08 bits per heavy atom. The molecule has 1 rings (SSSR count). The Bertz CT molecular complexity index is 154. The van der Waals surface area contributed by atoms with E-state index in [1.54, 1.807) is 0 Å². The molecule has 0 heterocycles. The highest BCUT2D eigenvalue weighted by atomic mass is 16.2. The van der Waals surface area contributed by atoms with Crippen molar-refractivity contribution in [2.24, 2.45) is 17.5 Å². The van der Waals surface area contributed by atoms with Crippen LogP contribution in [0.5, 0.6) is 0 Å². The first-order chi connectivity index (χ1) is 5.74. The third-order valence-electron chi connectivity index (χ3n) is 2.59. The SMILES string of the molecule is NNC(=O)CC(N)C1CCCC1. The van der Waals surface area contributed by atoms with E-state index in [4.69, 9.17) is 11.6 Å². The van der Waals surface area contributed by atoms with Crippen LogP contribution in [0.2, 0.25) is 0 Å². The van der Waals surface area contributed by atoms with Crippen LogP contribution in [0.15, 0.2) is 0 Å². The van der Waals surface area contributed by atoms with Gasteiger partial charge < -0.3 is 5.73 Å². The van der Waals surface area contributed by atoms with E-state index < -0.39 is 0 Å². The summed E-state index contributed by atoms with van der Waals surface area (Å²) in [4.78, 5) is 10.9. The van der Waals surface area contributed by atoms with Gasteiger partial charge in [-0.1, -0.05) is 12.8 Å². The van der Waals surface area contributed by atoms with Crippen LogP contribution >= 0.6 is 0 Å². The van der Waals surface area contributed by atoms with Crippen LogP contribution < -0.4 is 17.0 Å². The average Bonchev–Trinajstić information content (AvgIpc) is 2.56. The Balaban J connectivity index is 2.26. The maximum atomic E-state index is 10.9. The predicted octanol–water partition coefficient (Wildman–Crippen LogP) is -0.116. The van der Waals surface area contributed by atoms with Crippen molar-refractivity contribution >= 4 is 5.91 Å². The first kappa shape index (κ1) is 9.48. The molecule has 1 amide bonds. The lowest BCUT2D eigenvalue weighted by atomic mass is 9.96. The van der Waals surface area contributed by atoms with Crippen molar-refractivity contribution in [2.75, 3.05) is 0 Å². The van der Waals surface area contributed by atoms with Crippen LogP contribution in [-0.4, -0.2) is 11.9 Å². The molecule has 1 atom stereocenters. The maximum Gasteiger partial charge on any atom is 0.235 e. The standard InChI is InChI=1S/C8H17N3O/c9-7(5-8(12)11-10)6-3-1-2-4-6/h6-7H,1-5,9-10H2,(H,11,12). The molecule has 1 aliphatic rings. The number of carbonyl (C=O) groups is 1. The third-order valence-corrected chi connectivity index (χ3v) is 2.59. The molecular weight excluding hydrogens is 154 g/mol. The summed E-state index contributed by atoms with van der Waals surface area (Å²) in [7, 11) is 0. The second-order valence-electron chi connectivity index (χ2n) is 3.48. The number of rotatable bonds is 3. The average molecular weight is 171 g/mol. The number of hydrogen-bond acceptors (Lipinski definition) is 3. The minimum absolute atomic E-state index is 0.00366. The van der Waals surface area contributed by atoms with Crippen molar-refractivity contribution in [3.8, 4) is 0 Å². The van der Waals surface area contributed by atoms with E-state index in [0.29, 0.717) is 12.3 Å². The van der Waals surface area contributed by atoms with Crippen molar-refractivity contribution in [1.82, 2.24) is 5.43 Å². The fraction of sp³-hybridized carbons (Fsp3) is 0.875.